The highest BCUT2D eigenvalue weighted by molar-refractivity contribution is 7.12. The molecule has 1 N–H and O–H groups in total. The van der Waals surface area contributed by atoms with Gasteiger partial charge in [0.1, 0.15) is 5.75 Å². The third-order valence-corrected chi connectivity index (χ3v) is 5.49. The quantitative estimate of drug-likeness (QED) is 0.498. The molecular weight excluding hydrogens is 356 g/mol. The lowest BCUT2D eigenvalue weighted by Crippen LogP contribution is -2.40. The molecule has 3 rings (SSSR count). The molecule has 0 aliphatic heterocycles. The maximum Gasteiger partial charge on any atom is 0.352 e. The standard InChI is InChI=1S/C19H17O4S2/c1-2-17(22-14-8-4-3-5-9-14)23-18(20)19(21,15-10-6-12-24-15)16-11-7-13-25-16/h3-13,17,21H,1-2H2. The van der Waals surface area contributed by atoms with E-state index in [1.54, 1.807) is 47.2 Å². The van der Waals surface area contributed by atoms with Gasteiger partial charge in [0.15, 0.2) is 0 Å². The molecule has 6 heteroatoms. The third-order valence-electron chi connectivity index (χ3n) is 3.54. The molecule has 2 aromatic heterocycles. The van der Waals surface area contributed by atoms with Gasteiger partial charge in [0.25, 0.3) is 0 Å². The molecule has 129 valence electrons. The summed E-state index contributed by atoms with van der Waals surface area (Å²) in [7, 11) is 0. The summed E-state index contributed by atoms with van der Waals surface area (Å²) in [4.78, 5) is 13.9. The number of para-hydroxylation sites is 1. The summed E-state index contributed by atoms with van der Waals surface area (Å²) in [5.41, 5.74) is -1.85. The van der Waals surface area contributed by atoms with Crippen LogP contribution in [-0.2, 0) is 15.1 Å². The molecule has 0 amide bonds. The van der Waals surface area contributed by atoms with Gasteiger partial charge in [-0.25, -0.2) is 4.79 Å². The summed E-state index contributed by atoms with van der Waals surface area (Å²) in [6.45, 7) is 3.76. The topological polar surface area (TPSA) is 55.8 Å². The lowest BCUT2D eigenvalue weighted by atomic mass is 10.00. The van der Waals surface area contributed by atoms with E-state index in [-0.39, 0.29) is 6.42 Å². The van der Waals surface area contributed by atoms with Crippen molar-refractivity contribution in [3.8, 4) is 5.75 Å². The van der Waals surface area contributed by atoms with E-state index in [1.807, 2.05) is 18.2 Å². The first-order chi connectivity index (χ1) is 12.1. The number of rotatable bonds is 7. The van der Waals surface area contributed by atoms with Gasteiger partial charge < -0.3 is 14.6 Å². The van der Waals surface area contributed by atoms with E-state index < -0.39 is 17.9 Å². The van der Waals surface area contributed by atoms with Crippen molar-refractivity contribution in [2.75, 3.05) is 0 Å². The molecule has 0 aliphatic rings. The predicted octanol–water partition coefficient (Wildman–Crippen LogP) is 4.22. The minimum absolute atomic E-state index is 0.214. The van der Waals surface area contributed by atoms with Gasteiger partial charge in [-0.1, -0.05) is 30.3 Å². The maximum absolute atomic E-state index is 12.9. The zero-order valence-electron chi connectivity index (χ0n) is 13.3. The monoisotopic (exact) mass is 373 g/mol. The first-order valence-corrected chi connectivity index (χ1v) is 9.43. The Bertz CT molecular complexity index is 748. The van der Waals surface area contributed by atoms with Crippen LogP contribution in [0.2, 0.25) is 0 Å². The molecule has 25 heavy (non-hydrogen) atoms. The van der Waals surface area contributed by atoms with Crippen LogP contribution in [0.25, 0.3) is 0 Å². The van der Waals surface area contributed by atoms with Gasteiger partial charge in [-0.2, -0.15) is 0 Å². The van der Waals surface area contributed by atoms with E-state index in [0.717, 1.165) is 0 Å². The summed E-state index contributed by atoms with van der Waals surface area (Å²) in [6, 6.07) is 16.0. The molecule has 4 nitrogen and oxygen atoms in total. The van der Waals surface area contributed by atoms with Crippen molar-refractivity contribution in [1.82, 2.24) is 0 Å². The molecular formula is C19H17O4S2. The first-order valence-electron chi connectivity index (χ1n) is 7.67. The SMILES string of the molecule is [CH2]CC(OC(=O)C(O)(c1cccs1)c1cccs1)Oc1ccccc1. The van der Waals surface area contributed by atoms with E-state index in [1.165, 1.54) is 22.7 Å². The Morgan fingerprint density at radius 3 is 2.12 bits per heavy atom. The normalized spacial score (nSPS) is 12.6. The Balaban J connectivity index is 1.83. The van der Waals surface area contributed by atoms with Gasteiger partial charge in [-0.15, -0.1) is 22.7 Å². The van der Waals surface area contributed by atoms with Crippen LogP contribution in [0, 0.1) is 6.92 Å². The summed E-state index contributed by atoms with van der Waals surface area (Å²) in [6.07, 6.45) is -0.674. The minimum atomic E-state index is -1.85. The van der Waals surface area contributed by atoms with Crippen LogP contribution in [0.5, 0.6) is 5.75 Å². The lowest BCUT2D eigenvalue weighted by molar-refractivity contribution is -0.181. The number of carbonyl (C=O) groups excluding carboxylic acids is 1. The van der Waals surface area contributed by atoms with Gasteiger partial charge in [-0.05, 0) is 41.9 Å². The van der Waals surface area contributed by atoms with Gasteiger partial charge in [0.2, 0.25) is 11.9 Å². The average molecular weight is 373 g/mol. The molecule has 0 saturated carbocycles. The van der Waals surface area contributed by atoms with Gasteiger partial charge in [0.05, 0.1) is 9.75 Å². The number of hydrogen-bond acceptors (Lipinski definition) is 6. The van der Waals surface area contributed by atoms with E-state index in [0.29, 0.717) is 15.5 Å². The number of benzene rings is 1. The van der Waals surface area contributed by atoms with Crippen molar-refractivity contribution >= 4 is 28.6 Å². The largest absolute Gasteiger partial charge is 0.455 e. The summed E-state index contributed by atoms with van der Waals surface area (Å²) in [5, 5.41) is 14.8. The van der Waals surface area contributed by atoms with Crippen LogP contribution in [0.15, 0.2) is 65.4 Å². The fourth-order valence-corrected chi connectivity index (χ4v) is 4.00. The molecule has 0 saturated heterocycles. The average Bonchev–Trinajstić information content (AvgIpc) is 3.35. The number of hydrogen-bond donors (Lipinski definition) is 1. The number of carbonyl (C=O) groups is 1. The Labute approximate surface area is 154 Å². The maximum atomic E-state index is 12.9. The van der Waals surface area contributed by atoms with Crippen molar-refractivity contribution in [1.29, 1.82) is 0 Å². The highest BCUT2D eigenvalue weighted by Crippen LogP contribution is 2.37. The van der Waals surface area contributed by atoms with Crippen molar-refractivity contribution in [2.24, 2.45) is 0 Å². The minimum Gasteiger partial charge on any atom is -0.455 e. The Morgan fingerprint density at radius 2 is 1.64 bits per heavy atom. The third kappa shape index (κ3) is 3.76. The summed E-state index contributed by atoms with van der Waals surface area (Å²) >= 11 is 2.59. The molecule has 0 aliphatic carbocycles. The van der Waals surface area contributed by atoms with Crippen molar-refractivity contribution in [2.45, 2.75) is 18.3 Å². The highest BCUT2D eigenvalue weighted by Gasteiger charge is 2.44. The van der Waals surface area contributed by atoms with Crippen LogP contribution < -0.4 is 4.74 Å². The van der Waals surface area contributed by atoms with Crippen molar-refractivity contribution < 1.29 is 19.4 Å². The van der Waals surface area contributed by atoms with Gasteiger partial charge in [0, 0.05) is 6.42 Å². The Morgan fingerprint density at radius 1 is 1.04 bits per heavy atom. The molecule has 1 radical (unpaired) electrons. The Kier molecular flexibility index (Phi) is 5.53. The predicted molar refractivity (Wildman–Crippen MR) is 98.6 cm³/mol. The lowest BCUT2D eigenvalue weighted by Gasteiger charge is -2.27. The first kappa shape index (κ1) is 17.7. The number of aliphatic hydroxyl groups is 1. The van der Waals surface area contributed by atoms with E-state index in [2.05, 4.69) is 6.92 Å². The second-order valence-electron chi connectivity index (χ2n) is 5.22. The smallest absolute Gasteiger partial charge is 0.352 e. The molecule has 2 heterocycles. The fourth-order valence-electron chi connectivity index (χ4n) is 2.29. The van der Waals surface area contributed by atoms with Gasteiger partial charge in [-0.3, -0.25) is 0 Å². The summed E-state index contributed by atoms with van der Waals surface area (Å²) in [5.74, 6) is -0.207. The zero-order chi connectivity index (χ0) is 17.7. The molecule has 1 aromatic carbocycles. The fraction of sp³-hybridized carbons (Fsp3) is 0.158. The second kappa shape index (κ2) is 7.82. The van der Waals surface area contributed by atoms with Crippen LogP contribution in [0.1, 0.15) is 16.2 Å². The summed E-state index contributed by atoms with van der Waals surface area (Å²) < 4.78 is 11.1. The Hall–Kier alpha value is -2.15. The number of esters is 1. The van der Waals surface area contributed by atoms with E-state index in [4.69, 9.17) is 9.47 Å². The van der Waals surface area contributed by atoms with Crippen LogP contribution in [0.3, 0.4) is 0 Å². The number of thiophene rings is 2. The van der Waals surface area contributed by atoms with E-state index in [9.17, 15) is 9.90 Å². The zero-order valence-corrected chi connectivity index (χ0v) is 15.0. The van der Waals surface area contributed by atoms with Crippen molar-refractivity contribution in [3.05, 3.63) is 82.0 Å². The molecule has 1 unspecified atom stereocenters. The molecule has 3 aromatic rings. The molecule has 1 atom stereocenters. The van der Waals surface area contributed by atoms with Crippen LogP contribution in [0.4, 0.5) is 0 Å². The second-order valence-corrected chi connectivity index (χ2v) is 7.11. The van der Waals surface area contributed by atoms with Gasteiger partial charge >= 0.3 is 5.97 Å². The molecule has 0 spiro atoms. The van der Waals surface area contributed by atoms with Crippen molar-refractivity contribution in [3.63, 3.8) is 0 Å². The highest BCUT2D eigenvalue weighted by atomic mass is 32.1. The molecule has 0 fully saturated rings. The van der Waals surface area contributed by atoms with Crippen LogP contribution >= 0.6 is 22.7 Å². The van der Waals surface area contributed by atoms with E-state index >= 15 is 0 Å². The molecule has 0 bridgehead atoms. The number of ether oxygens (including phenoxy) is 2. The van der Waals surface area contributed by atoms with Crippen LogP contribution in [-0.4, -0.2) is 17.4 Å².